The van der Waals surface area contributed by atoms with Crippen LogP contribution in [0.2, 0.25) is 0 Å². The highest BCUT2D eigenvalue weighted by Crippen LogP contribution is 2.23. The van der Waals surface area contributed by atoms with Crippen LogP contribution in [0.25, 0.3) is 17.3 Å². The number of hydrogen-bond donors (Lipinski definition) is 2. The minimum absolute atomic E-state index is 0.0337. The number of benzene rings is 2. The highest BCUT2D eigenvalue weighted by molar-refractivity contribution is 6.02. The van der Waals surface area contributed by atoms with Gasteiger partial charge in [0.15, 0.2) is 0 Å². The Labute approximate surface area is 152 Å². The van der Waals surface area contributed by atoms with E-state index in [1.54, 1.807) is 12.3 Å². The number of hydrogen-bond acceptors (Lipinski definition) is 3. The van der Waals surface area contributed by atoms with E-state index in [2.05, 4.69) is 15.5 Å². The summed E-state index contributed by atoms with van der Waals surface area (Å²) in [6.45, 7) is 1.88. The monoisotopic (exact) mass is 342 g/mol. The second-order valence-electron chi connectivity index (χ2n) is 5.84. The van der Waals surface area contributed by atoms with E-state index >= 15 is 0 Å². The van der Waals surface area contributed by atoms with Gasteiger partial charge in [-0.3, -0.25) is 9.89 Å². The molecule has 128 valence electrons. The Balaban J connectivity index is 1.82. The van der Waals surface area contributed by atoms with Crippen LogP contribution in [0, 0.1) is 11.3 Å². The van der Waals surface area contributed by atoms with Crippen molar-refractivity contribution in [3.63, 3.8) is 0 Å². The van der Waals surface area contributed by atoms with Crippen LogP contribution < -0.4 is 5.32 Å². The van der Waals surface area contributed by atoms with Crippen LogP contribution in [0.1, 0.15) is 24.1 Å². The van der Waals surface area contributed by atoms with E-state index in [1.807, 2.05) is 73.7 Å². The summed E-state index contributed by atoms with van der Waals surface area (Å²) in [6.07, 6.45) is 3.16. The first-order chi connectivity index (χ1) is 12.7. The van der Waals surface area contributed by atoms with E-state index in [1.165, 1.54) is 0 Å². The van der Waals surface area contributed by atoms with Crippen molar-refractivity contribution in [2.24, 2.45) is 0 Å². The molecule has 2 N–H and O–H groups in total. The van der Waals surface area contributed by atoms with Gasteiger partial charge < -0.3 is 5.32 Å². The number of amides is 1. The van der Waals surface area contributed by atoms with Gasteiger partial charge in [0.1, 0.15) is 11.6 Å². The Morgan fingerprint density at radius 1 is 1.15 bits per heavy atom. The second-order valence-corrected chi connectivity index (χ2v) is 5.84. The van der Waals surface area contributed by atoms with Crippen LogP contribution in [0.5, 0.6) is 0 Å². The fraction of sp³-hybridized carbons (Fsp3) is 0.0952. The molecule has 5 heteroatoms. The number of aromatic amines is 1. The fourth-order valence-electron chi connectivity index (χ4n) is 2.64. The molecule has 3 rings (SSSR count). The van der Waals surface area contributed by atoms with E-state index in [-0.39, 0.29) is 11.6 Å². The molecule has 1 aromatic heterocycles. The predicted molar refractivity (Wildman–Crippen MR) is 101 cm³/mol. The Morgan fingerprint density at radius 2 is 1.81 bits per heavy atom. The van der Waals surface area contributed by atoms with Crippen LogP contribution in [0.15, 0.2) is 72.4 Å². The third-order valence-electron chi connectivity index (χ3n) is 4.04. The zero-order chi connectivity index (χ0) is 18.4. The third-order valence-corrected chi connectivity index (χ3v) is 4.04. The van der Waals surface area contributed by atoms with Crippen LogP contribution in [0.3, 0.4) is 0 Å². The summed E-state index contributed by atoms with van der Waals surface area (Å²) in [6, 6.07) is 21.0. The Bertz CT molecular complexity index is 952. The maximum Gasteiger partial charge on any atom is 0.262 e. The largest absolute Gasteiger partial charge is 0.345 e. The van der Waals surface area contributed by atoms with Crippen LogP contribution in [0.4, 0.5) is 0 Å². The molecule has 3 aromatic rings. The molecule has 2 aromatic carbocycles. The van der Waals surface area contributed by atoms with Crippen molar-refractivity contribution in [1.82, 2.24) is 15.5 Å². The summed E-state index contributed by atoms with van der Waals surface area (Å²) in [7, 11) is 0. The van der Waals surface area contributed by atoms with E-state index < -0.39 is 5.91 Å². The van der Waals surface area contributed by atoms with Gasteiger partial charge in [0.25, 0.3) is 5.91 Å². The molecule has 0 aliphatic rings. The van der Waals surface area contributed by atoms with Crippen molar-refractivity contribution in [2.45, 2.75) is 13.0 Å². The summed E-state index contributed by atoms with van der Waals surface area (Å²) in [5.41, 5.74) is 3.40. The molecule has 0 saturated heterocycles. The van der Waals surface area contributed by atoms with E-state index in [9.17, 15) is 10.1 Å². The number of rotatable bonds is 5. The molecule has 26 heavy (non-hydrogen) atoms. The van der Waals surface area contributed by atoms with E-state index in [0.29, 0.717) is 5.56 Å². The molecule has 0 radical (unpaired) electrons. The van der Waals surface area contributed by atoms with Crippen molar-refractivity contribution in [3.8, 4) is 17.3 Å². The lowest BCUT2D eigenvalue weighted by Crippen LogP contribution is -2.27. The van der Waals surface area contributed by atoms with Gasteiger partial charge in [0.2, 0.25) is 0 Å². The van der Waals surface area contributed by atoms with Crippen LogP contribution >= 0.6 is 0 Å². The summed E-state index contributed by atoms with van der Waals surface area (Å²) < 4.78 is 0. The van der Waals surface area contributed by atoms with Gasteiger partial charge in [-0.1, -0.05) is 60.7 Å². The lowest BCUT2D eigenvalue weighted by atomic mass is 10.1. The minimum atomic E-state index is -0.413. The van der Waals surface area contributed by atoms with Gasteiger partial charge in [-0.25, -0.2) is 0 Å². The summed E-state index contributed by atoms with van der Waals surface area (Å²) in [5.74, 6) is -0.413. The van der Waals surface area contributed by atoms with Crippen molar-refractivity contribution < 1.29 is 4.79 Å². The first-order valence-corrected chi connectivity index (χ1v) is 8.25. The molecule has 0 bridgehead atoms. The van der Waals surface area contributed by atoms with Crippen molar-refractivity contribution in [1.29, 1.82) is 5.26 Å². The number of nitrogens with zero attached hydrogens (tertiary/aromatic N) is 2. The average Bonchev–Trinajstić information content (AvgIpc) is 3.15. The van der Waals surface area contributed by atoms with E-state index in [4.69, 9.17) is 0 Å². The van der Waals surface area contributed by atoms with Gasteiger partial charge in [-0.2, -0.15) is 10.4 Å². The minimum Gasteiger partial charge on any atom is -0.345 e. The zero-order valence-corrected chi connectivity index (χ0v) is 14.3. The van der Waals surface area contributed by atoms with Gasteiger partial charge in [0.05, 0.1) is 17.9 Å². The van der Waals surface area contributed by atoms with Gasteiger partial charge >= 0.3 is 0 Å². The molecule has 0 spiro atoms. The Kier molecular flexibility index (Phi) is 5.25. The standard InChI is InChI=1S/C21H18N4O/c1-15(16-8-4-2-5-9-16)24-21(26)18(13-22)12-19-14-23-25-20(19)17-10-6-3-7-11-17/h2-12,14-15H,1H3,(H,23,25)(H,24,26)/b18-12-/t15-/m0/s1. The average molecular weight is 342 g/mol. The Hall–Kier alpha value is -3.65. The number of carbonyl (C=O) groups excluding carboxylic acids is 1. The lowest BCUT2D eigenvalue weighted by molar-refractivity contribution is -0.117. The molecule has 0 aliphatic heterocycles. The molecule has 0 saturated carbocycles. The number of aromatic nitrogens is 2. The lowest BCUT2D eigenvalue weighted by Gasteiger charge is -2.13. The van der Waals surface area contributed by atoms with Gasteiger partial charge in [-0.15, -0.1) is 0 Å². The van der Waals surface area contributed by atoms with Crippen LogP contribution in [-0.4, -0.2) is 16.1 Å². The number of H-pyrrole nitrogens is 1. The van der Waals surface area contributed by atoms with Crippen molar-refractivity contribution >= 4 is 12.0 Å². The molecular formula is C21H18N4O. The third kappa shape index (κ3) is 3.87. The predicted octanol–water partition coefficient (Wildman–Crippen LogP) is 3.86. The second kappa shape index (κ2) is 7.95. The quantitative estimate of drug-likeness (QED) is 0.545. The summed E-state index contributed by atoms with van der Waals surface area (Å²) in [4.78, 5) is 12.5. The first kappa shape index (κ1) is 17.2. The van der Waals surface area contributed by atoms with E-state index in [0.717, 1.165) is 16.8 Å². The molecule has 1 amide bonds. The highest BCUT2D eigenvalue weighted by Gasteiger charge is 2.15. The van der Waals surface area contributed by atoms with Crippen LogP contribution in [-0.2, 0) is 4.79 Å². The zero-order valence-electron chi connectivity index (χ0n) is 14.3. The number of carbonyl (C=O) groups is 1. The summed E-state index contributed by atoms with van der Waals surface area (Å²) >= 11 is 0. The fourth-order valence-corrected chi connectivity index (χ4v) is 2.64. The van der Waals surface area contributed by atoms with Crippen molar-refractivity contribution in [2.75, 3.05) is 0 Å². The topological polar surface area (TPSA) is 81.6 Å². The molecule has 5 nitrogen and oxygen atoms in total. The molecule has 0 fully saturated rings. The SMILES string of the molecule is C[C@H](NC(=O)/C(C#N)=C\c1cn[nH]c1-c1ccccc1)c1ccccc1. The molecule has 0 unspecified atom stereocenters. The molecule has 1 atom stereocenters. The molecular weight excluding hydrogens is 324 g/mol. The summed E-state index contributed by atoms with van der Waals surface area (Å²) in [5, 5.41) is 19.3. The molecule has 1 heterocycles. The van der Waals surface area contributed by atoms with Crippen molar-refractivity contribution in [3.05, 3.63) is 83.6 Å². The maximum absolute atomic E-state index is 12.5. The normalized spacial score (nSPS) is 12.2. The highest BCUT2D eigenvalue weighted by atomic mass is 16.1. The smallest absolute Gasteiger partial charge is 0.262 e. The van der Waals surface area contributed by atoms with Gasteiger partial charge in [0, 0.05) is 11.1 Å². The van der Waals surface area contributed by atoms with Gasteiger partial charge in [-0.05, 0) is 18.6 Å². The molecule has 0 aliphatic carbocycles. The first-order valence-electron chi connectivity index (χ1n) is 8.25. The Morgan fingerprint density at radius 3 is 2.46 bits per heavy atom. The maximum atomic E-state index is 12.5. The number of nitriles is 1. The number of nitrogens with one attached hydrogen (secondary N) is 2.